The first kappa shape index (κ1) is 23.6. The maximum atomic E-state index is 11.6. The molecule has 0 aromatic carbocycles. The maximum absolute atomic E-state index is 11.6. The zero-order chi connectivity index (χ0) is 19.2. The van der Waals surface area contributed by atoms with Gasteiger partial charge in [-0.25, -0.2) is 0 Å². The van der Waals surface area contributed by atoms with Crippen LogP contribution in [0, 0.1) is 5.92 Å². The standard InChI is InChI=1S/C22H39NO2/c1-17(2)10-7-11-18(3)12-8-13-19(4)14-9-15-20(5)16-22(25)23-21(6)24/h10,12,14,20-21,24H,7-9,11,13,15-16H2,1-6H3,(H,23,25). The Morgan fingerprint density at radius 1 is 0.920 bits per heavy atom. The van der Waals surface area contributed by atoms with Crippen LogP contribution in [0.15, 0.2) is 34.9 Å². The summed E-state index contributed by atoms with van der Waals surface area (Å²) in [4.78, 5) is 11.6. The lowest BCUT2D eigenvalue weighted by molar-refractivity contribution is -0.124. The molecule has 0 fully saturated rings. The van der Waals surface area contributed by atoms with Crippen LogP contribution < -0.4 is 5.32 Å². The highest BCUT2D eigenvalue weighted by atomic mass is 16.3. The minimum atomic E-state index is -0.764. The fourth-order valence-corrected chi connectivity index (χ4v) is 2.66. The van der Waals surface area contributed by atoms with Crippen LogP contribution in [0.4, 0.5) is 0 Å². The molecule has 0 saturated heterocycles. The van der Waals surface area contributed by atoms with E-state index in [0.717, 1.165) is 38.5 Å². The van der Waals surface area contributed by atoms with Crippen LogP contribution in [0.2, 0.25) is 0 Å². The van der Waals surface area contributed by atoms with E-state index < -0.39 is 6.23 Å². The van der Waals surface area contributed by atoms with Crippen LogP contribution in [-0.4, -0.2) is 17.2 Å². The highest BCUT2D eigenvalue weighted by Crippen LogP contribution is 2.15. The Morgan fingerprint density at radius 3 is 1.96 bits per heavy atom. The molecule has 0 spiro atoms. The second-order valence-electron chi connectivity index (χ2n) is 7.59. The lowest BCUT2D eigenvalue weighted by Crippen LogP contribution is -2.32. The number of hydrogen-bond acceptors (Lipinski definition) is 2. The topological polar surface area (TPSA) is 49.3 Å². The number of rotatable bonds is 12. The molecule has 1 amide bonds. The highest BCUT2D eigenvalue weighted by molar-refractivity contribution is 5.76. The van der Waals surface area contributed by atoms with E-state index in [4.69, 9.17) is 5.11 Å². The van der Waals surface area contributed by atoms with Crippen molar-refractivity contribution >= 4 is 5.91 Å². The second-order valence-corrected chi connectivity index (χ2v) is 7.59. The largest absolute Gasteiger partial charge is 0.374 e. The van der Waals surface area contributed by atoms with Crippen LogP contribution >= 0.6 is 0 Å². The summed E-state index contributed by atoms with van der Waals surface area (Å²) in [5.41, 5.74) is 4.29. The van der Waals surface area contributed by atoms with Crippen molar-refractivity contribution in [3.63, 3.8) is 0 Å². The van der Waals surface area contributed by atoms with Gasteiger partial charge >= 0.3 is 0 Å². The van der Waals surface area contributed by atoms with Gasteiger partial charge in [0.25, 0.3) is 0 Å². The molecule has 0 aliphatic rings. The summed E-state index contributed by atoms with van der Waals surface area (Å²) >= 11 is 0. The smallest absolute Gasteiger partial charge is 0.222 e. The van der Waals surface area contributed by atoms with Crippen molar-refractivity contribution in [2.24, 2.45) is 5.92 Å². The first-order chi connectivity index (χ1) is 11.7. The van der Waals surface area contributed by atoms with Crippen molar-refractivity contribution in [2.45, 2.75) is 92.7 Å². The molecule has 0 heterocycles. The van der Waals surface area contributed by atoms with Crippen LogP contribution in [0.1, 0.15) is 86.5 Å². The van der Waals surface area contributed by atoms with Crippen LogP contribution in [0.5, 0.6) is 0 Å². The molecular formula is C22H39NO2. The molecule has 2 N–H and O–H groups in total. The fraction of sp³-hybridized carbons (Fsp3) is 0.682. The van der Waals surface area contributed by atoms with Gasteiger partial charge in [-0.2, -0.15) is 0 Å². The predicted molar refractivity (Wildman–Crippen MR) is 108 cm³/mol. The normalized spacial score (nSPS) is 14.8. The van der Waals surface area contributed by atoms with Crippen molar-refractivity contribution in [3.05, 3.63) is 34.9 Å². The Bertz CT molecular complexity index is 468. The molecule has 3 heteroatoms. The Kier molecular flexibility index (Phi) is 13.1. The summed E-state index contributed by atoms with van der Waals surface area (Å²) in [5.74, 6) is 0.261. The first-order valence-electron chi connectivity index (χ1n) is 9.62. The average Bonchev–Trinajstić information content (AvgIpc) is 2.45. The summed E-state index contributed by atoms with van der Waals surface area (Å²) in [6.07, 6.45) is 13.2. The average molecular weight is 350 g/mol. The molecule has 0 bridgehead atoms. The van der Waals surface area contributed by atoms with E-state index in [-0.39, 0.29) is 5.91 Å². The van der Waals surface area contributed by atoms with E-state index in [1.54, 1.807) is 6.92 Å². The SMILES string of the molecule is CC(C)=CCCC(C)=CCCC(C)=CCCC(C)CC(=O)NC(C)O. The third-order valence-corrected chi connectivity index (χ3v) is 4.18. The first-order valence-corrected chi connectivity index (χ1v) is 9.62. The van der Waals surface area contributed by atoms with E-state index in [0.29, 0.717) is 12.3 Å². The lowest BCUT2D eigenvalue weighted by atomic mass is 9.99. The van der Waals surface area contributed by atoms with Gasteiger partial charge in [-0.1, -0.05) is 41.9 Å². The highest BCUT2D eigenvalue weighted by Gasteiger charge is 2.09. The molecule has 25 heavy (non-hydrogen) atoms. The Hall–Kier alpha value is -1.35. The van der Waals surface area contributed by atoms with E-state index in [1.807, 2.05) is 0 Å². The summed E-state index contributed by atoms with van der Waals surface area (Å²) in [5, 5.41) is 11.7. The number of amides is 1. The number of aliphatic hydroxyl groups excluding tert-OH is 1. The molecule has 2 atom stereocenters. The minimum Gasteiger partial charge on any atom is -0.374 e. The quantitative estimate of drug-likeness (QED) is 0.352. The van der Waals surface area contributed by atoms with E-state index in [1.165, 1.54) is 16.7 Å². The van der Waals surface area contributed by atoms with Crippen molar-refractivity contribution in [3.8, 4) is 0 Å². The van der Waals surface area contributed by atoms with Crippen molar-refractivity contribution < 1.29 is 9.90 Å². The van der Waals surface area contributed by atoms with Crippen LogP contribution in [0.3, 0.4) is 0 Å². The van der Waals surface area contributed by atoms with Gasteiger partial charge < -0.3 is 10.4 Å². The summed E-state index contributed by atoms with van der Waals surface area (Å²) in [6, 6.07) is 0. The number of carbonyl (C=O) groups excluding carboxylic acids is 1. The van der Waals surface area contributed by atoms with Crippen molar-refractivity contribution in [1.29, 1.82) is 0 Å². The number of carbonyl (C=O) groups is 1. The molecule has 0 aliphatic heterocycles. The number of hydrogen-bond donors (Lipinski definition) is 2. The number of allylic oxidation sites excluding steroid dienone is 6. The summed E-state index contributed by atoms with van der Waals surface area (Å²) < 4.78 is 0. The summed E-state index contributed by atoms with van der Waals surface area (Å²) in [7, 11) is 0. The van der Waals surface area contributed by atoms with Crippen molar-refractivity contribution in [2.75, 3.05) is 0 Å². The van der Waals surface area contributed by atoms with Gasteiger partial charge in [0, 0.05) is 6.42 Å². The molecule has 3 nitrogen and oxygen atoms in total. The second kappa shape index (κ2) is 13.9. The van der Waals surface area contributed by atoms with E-state index in [2.05, 4.69) is 58.2 Å². The number of nitrogens with one attached hydrogen (secondary N) is 1. The van der Waals surface area contributed by atoms with Gasteiger partial charge in [0.2, 0.25) is 5.91 Å². The third kappa shape index (κ3) is 15.9. The van der Waals surface area contributed by atoms with Gasteiger partial charge in [-0.15, -0.1) is 0 Å². The Morgan fingerprint density at radius 2 is 1.44 bits per heavy atom. The number of aliphatic hydroxyl groups is 1. The molecule has 2 unspecified atom stereocenters. The van der Waals surface area contributed by atoms with E-state index in [9.17, 15) is 4.79 Å². The molecule has 0 radical (unpaired) electrons. The molecule has 0 saturated carbocycles. The fourth-order valence-electron chi connectivity index (χ4n) is 2.66. The van der Waals surface area contributed by atoms with Crippen molar-refractivity contribution in [1.82, 2.24) is 5.32 Å². The lowest BCUT2D eigenvalue weighted by Gasteiger charge is -2.12. The van der Waals surface area contributed by atoms with E-state index >= 15 is 0 Å². The monoisotopic (exact) mass is 349 g/mol. The molecule has 0 aliphatic carbocycles. The Balaban J connectivity index is 3.97. The zero-order valence-corrected chi connectivity index (χ0v) is 17.2. The Labute approximate surface area is 155 Å². The van der Waals surface area contributed by atoms with Gasteiger partial charge in [0.1, 0.15) is 6.23 Å². The summed E-state index contributed by atoms with van der Waals surface area (Å²) in [6.45, 7) is 12.4. The third-order valence-electron chi connectivity index (χ3n) is 4.18. The maximum Gasteiger partial charge on any atom is 0.222 e. The molecular weight excluding hydrogens is 310 g/mol. The van der Waals surface area contributed by atoms with Gasteiger partial charge in [0.05, 0.1) is 0 Å². The van der Waals surface area contributed by atoms with Gasteiger partial charge in [-0.05, 0) is 79.1 Å². The van der Waals surface area contributed by atoms with Gasteiger partial charge in [-0.3, -0.25) is 4.79 Å². The minimum absolute atomic E-state index is 0.0723. The predicted octanol–water partition coefficient (Wildman–Crippen LogP) is 5.67. The molecule has 144 valence electrons. The van der Waals surface area contributed by atoms with Crippen LogP contribution in [0.25, 0.3) is 0 Å². The van der Waals surface area contributed by atoms with Gasteiger partial charge in [0.15, 0.2) is 0 Å². The molecule has 0 rings (SSSR count). The zero-order valence-electron chi connectivity index (χ0n) is 17.2. The van der Waals surface area contributed by atoms with Crippen LogP contribution in [-0.2, 0) is 4.79 Å². The molecule has 0 aromatic rings. The molecule has 0 aromatic heterocycles.